The van der Waals surface area contributed by atoms with Gasteiger partial charge in [-0.25, -0.2) is 8.78 Å². The van der Waals surface area contributed by atoms with Crippen LogP contribution in [-0.2, 0) is 5.41 Å². The maximum Gasteiger partial charge on any atom is 0.145 e. The summed E-state index contributed by atoms with van der Waals surface area (Å²) in [5.41, 5.74) is 9.25. The third kappa shape index (κ3) is 14.1. The highest BCUT2D eigenvalue weighted by molar-refractivity contribution is 5.75. The fraction of sp³-hybridized carbons (Fsp3) is 0.588. The zero-order chi connectivity index (χ0) is 30.3. The number of benzene rings is 1. The smallest absolute Gasteiger partial charge is 0.145 e. The van der Waals surface area contributed by atoms with Crippen LogP contribution in [0.3, 0.4) is 0 Å². The van der Waals surface area contributed by atoms with E-state index in [1.807, 2.05) is 71.9 Å². The number of unbranched alkanes of at least 4 members (excludes halogenated alkanes) is 1. The Morgan fingerprint density at radius 2 is 1.69 bits per heavy atom. The van der Waals surface area contributed by atoms with Gasteiger partial charge in [0.15, 0.2) is 0 Å². The van der Waals surface area contributed by atoms with Crippen LogP contribution in [0.1, 0.15) is 91.7 Å². The summed E-state index contributed by atoms with van der Waals surface area (Å²) in [5.74, 6) is 0. The molecule has 0 spiro atoms. The Bertz CT molecular complexity index is 812. The number of allylic oxidation sites excluding steroid dienone is 5. The number of nitrogens with zero attached hydrogens (tertiary/aromatic N) is 1. The second-order valence-corrected chi connectivity index (χ2v) is 9.24. The van der Waals surface area contributed by atoms with Crippen LogP contribution >= 0.6 is 0 Å². The van der Waals surface area contributed by atoms with Gasteiger partial charge in [0.05, 0.1) is 0 Å². The lowest BCUT2D eigenvalue weighted by Gasteiger charge is -2.36. The van der Waals surface area contributed by atoms with Gasteiger partial charge in [-0.15, -0.1) is 0 Å². The Hall–Kier alpha value is -2.24. The Morgan fingerprint density at radius 3 is 2.26 bits per heavy atom. The van der Waals surface area contributed by atoms with E-state index in [1.165, 1.54) is 0 Å². The number of rotatable bonds is 14. The van der Waals surface area contributed by atoms with Crippen molar-refractivity contribution in [1.82, 2.24) is 10.2 Å². The van der Waals surface area contributed by atoms with E-state index in [1.54, 1.807) is 6.08 Å². The number of likely N-dealkylation sites (tertiary alicyclic amines) is 1. The van der Waals surface area contributed by atoms with E-state index in [0.29, 0.717) is 11.7 Å². The van der Waals surface area contributed by atoms with Gasteiger partial charge in [0.25, 0.3) is 0 Å². The molecule has 39 heavy (non-hydrogen) atoms. The van der Waals surface area contributed by atoms with E-state index in [9.17, 15) is 8.78 Å². The van der Waals surface area contributed by atoms with E-state index < -0.39 is 18.3 Å². The predicted molar refractivity (Wildman–Crippen MR) is 172 cm³/mol. The number of nitrogens with two attached hydrogens (primary N) is 1. The average Bonchev–Trinajstić information content (AvgIpc) is 3.00. The third-order valence-electron chi connectivity index (χ3n) is 6.70. The lowest BCUT2D eigenvalue weighted by atomic mass is 9.72. The number of halogens is 2. The first-order chi connectivity index (χ1) is 18.8. The van der Waals surface area contributed by atoms with Crippen LogP contribution in [0.25, 0.3) is 5.57 Å². The molecule has 1 aromatic carbocycles. The number of alkyl halides is 2. The van der Waals surface area contributed by atoms with E-state index in [4.69, 9.17) is 5.73 Å². The Kier molecular flexibility index (Phi) is 23.6. The maximum atomic E-state index is 13.6. The summed E-state index contributed by atoms with van der Waals surface area (Å²) in [6.45, 7) is 28.5. The lowest BCUT2D eigenvalue weighted by Crippen LogP contribution is -2.40. The average molecular weight is 548 g/mol. The van der Waals surface area contributed by atoms with Gasteiger partial charge in [0.2, 0.25) is 0 Å². The number of hydrogen-bond acceptors (Lipinski definition) is 3. The van der Waals surface area contributed by atoms with Gasteiger partial charge in [-0.2, -0.15) is 0 Å². The Morgan fingerprint density at radius 1 is 1.10 bits per heavy atom. The van der Waals surface area contributed by atoms with Crippen LogP contribution in [-0.4, -0.2) is 50.0 Å². The number of piperidine rings is 1. The minimum Gasteiger partial charge on any atom is -0.385 e. The van der Waals surface area contributed by atoms with Crippen molar-refractivity contribution < 1.29 is 8.78 Å². The van der Waals surface area contributed by atoms with E-state index in [2.05, 4.69) is 42.9 Å². The van der Waals surface area contributed by atoms with Gasteiger partial charge < -0.3 is 16.0 Å². The Balaban J connectivity index is 0. The molecule has 1 aliphatic heterocycles. The zero-order valence-corrected chi connectivity index (χ0v) is 26.2. The molecule has 1 saturated heterocycles. The first-order valence-electron chi connectivity index (χ1n) is 15.0. The van der Waals surface area contributed by atoms with Crippen molar-refractivity contribution in [2.45, 2.75) is 98.2 Å². The van der Waals surface area contributed by atoms with Crippen LogP contribution < -0.4 is 11.1 Å². The largest absolute Gasteiger partial charge is 0.385 e. The summed E-state index contributed by atoms with van der Waals surface area (Å²) in [5, 5.41) is 3.08. The van der Waals surface area contributed by atoms with Crippen molar-refractivity contribution in [1.29, 1.82) is 0 Å². The third-order valence-corrected chi connectivity index (χ3v) is 6.70. The van der Waals surface area contributed by atoms with Gasteiger partial charge in [-0.05, 0) is 68.9 Å². The minimum atomic E-state index is -1.54. The molecule has 224 valence electrons. The molecule has 0 aliphatic carbocycles. The Labute approximate surface area is 240 Å². The number of nitrogens with one attached hydrogen (secondary N) is 1. The van der Waals surface area contributed by atoms with Crippen LogP contribution in [0, 0.1) is 0 Å². The zero-order valence-electron chi connectivity index (χ0n) is 26.2. The van der Waals surface area contributed by atoms with Crippen molar-refractivity contribution in [3.8, 4) is 0 Å². The molecule has 2 unspecified atom stereocenters. The quantitative estimate of drug-likeness (QED) is 0.181. The molecule has 0 bridgehead atoms. The van der Waals surface area contributed by atoms with Crippen molar-refractivity contribution in [2.75, 3.05) is 32.9 Å². The monoisotopic (exact) mass is 547 g/mol. The predicted octanol–water partition coefficient (Wildman–Crippen LogP) is 8.78. The van der Waals surface area contributed by atoms with E-state index >= 15 is 0 Å². The SMILES string of the molecule is C=C/C=C\C(=C)c1ccccc1C(C)(CCCCN1CCC(N)CC1)C(=C)NCC(F)CF.CC.CC.CC. The fourth-order valence-electron chi connectivity index (χ4n) is 4.44. The molecular weight excluding hydrogens is 488 g/mol. The highest BCUT2D eigenvalue weighted by Crippen LogP contribution is 2.39. The molecule has 2 rings (SSSR count). The standard InChI is InChI=1S/C28H41F2N3.3C2H6/c1-5-6-11-22(2)26-12-7-8-13-27(26)28(4,23(3)32-21-24(30)20-29)16-9-10-17-33-18-14-25(31)15-19-33;3*1-2/h5-8,11-13,24-25,32H,1-3,9-10,14-21,31H2,4H3;3*1-2H3/b11-6-;;;. The van der Waals surface area contributed by atoms with Crippen LogP contribution in [0.4, 0.5) is 8.78 Å². The van der Waals surface area contributed by atoms with Gasteiger partial charge in [0.1, 0.15) is 12.8 Å². The molecule has 0 saturated carbocycles. The summed E-state index contributed by atoms with van der Waals surface area (Å²) in [4.78, 5) is 2.48. The van der Waals surface area contributed by atoms with Crippen LogP contribution in [0.15, 0.2) is 67.9 Å². The van der Waals surface area contributed by atoms with Gasteiger partial charge in [-0.3, -0.25) is 0 Å². The maximum absolute atomic E-state index is 13.6. The van der Waals surface area contributed by atoms with Gasteiger partial charge in [-0.1, -0.05) is 110 Å². The lowest BCUT2D eigenvalue weighted by molar-refractivity contribution is 0.207. The van der Waals surface area contributed by atoms with Gasteiger partial charge in [0, 0.05) is 23.7 Å². The second kappa shape index (κ2) is 23.6. The van der Waals surface area contributed by atoms with Crippen molar-refractivity contribution in [3.63, 3.8) is 0 Å². The van der Waals surface area contributed by atoms with Crippen LogP contribution in [0.2, 0.25) is 0 Å². The van der Waals surface area contributed by atoms with Gasteiger partial charge >= 0.3 is 0 Å². The van der Waals surface area contributed by atoms with Crippen molar-refractivity contribution in [2.24, 2.45) is 5.73 Å². The molecule has 0 radical (unpaired) electrons. The molecule has 1 heterocycles. The molecule has 0 aromatic heterocycles. The first kappa shape index (κ1) is 38.9. The summed E-state index contributed by atoms with van der Waals surface area (Å²) in [7, 11) is 0. The molecule has 1 aromatic rings. The van der Waals surface area contributed by atoms with Crippen LogP contribution in [0.5, 0.6) is 0 Å². The van der Waals surface area contributed by atoms with Crippen molar-refractivity contribution in [3.05, 3.63) is 79.1 Å². The summed E-state index contributed by atoms with van der Waals surface area (Å²) in [6.07, 6.45) is 8.99. The van der Waals surface area contributed by atoms with E-state index in [0.717, 1.165) is 68.4 Å². The summed E-state index contributed by atoms with van der Waals surface area (Å²) >= 11 is 0. The first-order valence-corrected chi connectivity index (χ1v) is 15.0. The normalized spacial score (nSPS) is 15.7. The summed E-state index contributed by atoms with van der Waals surface area (Å²) in [6, 6.07) is 8.47. The molecule has 0 amide bonds. The second-order valence-electron chi connectivity index (χ2n) is 9.24. The van der Waals surface area contributed by atoms with E-state index in [-0.39, 0.29) is 6.54 Å². The number of hydrogen-bond donors (Lipinski definition) is 2. The molecule has 3 N–H and O–H groups in total. The fourth-order valence-corrected chi connectivity index (χ4v) is 4.44. The molecule has 1 fully saturated rings. The minimum absolute atomic E-state index is 0.0849. The molecule has 2 atom stereocenters. The summed E-state index contributed by atoms with van der Waals surface area (Å²) < 4.78 is 26.4. The molecule has 5 heteroatoms. The highest BCUT2D eigenvalue weighted by Gasteiger charge is 2.32. The molecule has 1 aliphatic rings. The topological polar surface area (TPSA) is 41.3 Å². The molecule has 3 nitrogen and oxygen atoms in total. The van der Waals surface area contributed by atoms with Crippen molar-refractivity contribution >= 4 is 5.57 Å². The highest BCUT2D eigenvalue weighted by atomic mass is 19.2. The molecular formula is C34H59F2N3.